The van der Waals surface area contributed by atoms with Crippen LogP contribution in [0.4, 0.5) is 4.39 Å². The fraction of sp³-hybridized carbons (Fsp3) is 1.00. The highest BCUT2D eigenvalue weighted by molar-refractivity contribution is 6.76. The topological polar surface area (TPSA) is 0 Å². The van der Waals surface area contributed by atoms with Crippen LogP contribution in [0.15, 0.2) is 0 Å². The van der Waals surface area contributed by atoms with Gasteiger partial charge in [0.2, 0.25) is 0 Å². The fourth-order valence-corrected chi connectivity index (χ4v) is 2.53. The van der Waals surface area contributed by atoms with Gasteiger partial charge in [0.1, 0.15) is 0 Å². The zero-order chi connectivity index (χ0) is 6.78. The van der Waals surface area contributed by atoms with E-state index >= 15 is 0 Å². The van der Waals surface area contributed by atoms with E-state index in [2.05, 4.69) is 19.6 Å². The number of hydrogen-bond acceptors (Lipinski definition) is 0. The molecule has 0 rings (SSSR count). The first-order valence-electron chi connectivity index (χ1n) is 3.06. The maximum absolute atomic E-state index is 12.2. The molecular weight excluding hydrogens is 119 g/mol. The molecular formula is C6H15FSi. The number of halogens is 1. The second-order valence-electron chi connectivity index (χ2n) is 3.55. The van der Waals surface area contributed by atoms with Crippen LogP contribution in [-0.2, 0) is 0 Å². The van der Waals surface area contributed by atoms with Crippen molar-refractivity contribution in [2.24, 2.45) is 0 Å². The summed E-state index contributed by atoms with van der Waals surface area (Å²) in [5.74, 6) is 0. The van der Waals surface area contributed by atoms with Crippen LogP contribution in [0, 0.1) is 0 Å². The van der Waals surface area contributed by atoms with Gasteiger partial charge in [-0.1, -0.05) is 19.6 Å². The van der Waals surface area contributed by atoms with Gasteiger partial charge in [-0.3, -0.25) is 0 Å². The third kappa shape index (κ3) is 6.15. The molecule has 0 amide bonds. The molecule has 0 aromatic heterocycles. The van der Waals surface area contributed by atoms with E-state index in [1.807, 2.05) is 0 Å². The molecule has 0 aromatic carbocycles. The van der Waals surface area contributed by atoms with E-state index in [1.165, 1.54) is 0 Å². The molecule has 2 heteroatoms. The highest BCUT2D eigenvalue weighted by Crippen LogP contribution is 2.12. The molecule has 1 unspecified atom stereocenters. The largest absolute Gasteiger partial charge is 0.248 e. The third-order valence-electron chi connectivity index (χ3n) is 0.894. The Hall–Kier alpha value is 0.147. The van der Waals surface area contributed by atoms with E-state index in [4.69, 9.17) is 0 Å². The summed E-state index contributed by atoms with van der Waals surface area (Å²) >= 11 is 0. The van der Waals surface area contributed by atoms with Crippen molar-refractivity contribution < 1.29 is 4.39 Å². The summed E-state index contributed by atoms with van der Waals surface area (Å²) in [4.78, 5) is 0. The number of alkyl halides is 1. The summed E-state index contributed by atoms with van der Waals surface area (Å²) < 4.78 is 12.2. The van der Waals surface area contributed by atoms with E-state index in [0.29, 0.717) is 0 Å². The fourth-order valence-electron chi connectivity index (χ4n) is 0.844. The predicted octanol–water partition coefficient (Wildman–Crippen LogP) is 2.68. The summed E-state index contributed by atoms with van der Waals surface area (Å²) in [6.07, 6.45) is -0.596. The summed E-state index contributed by atoms with van der Waals surface area (Å²) in [7, 11) is -1.10. The Kier molecular flexibility index (Phi) is 2.67. The molecule has 0 saturated carbocycles. The van der Waals surface area contributed by atoms with Crippen LogP contribution >= 0.6 is 0 Å². The van der Waals surface area contributed by atoms with Gasteiger partial charge in [0.05, 0.1) is 6.17 Å². The molecule has 0 aromatic rings. The molecule has 0 bridgehead atoms. The van der Waals surface area contributed by atoms with Gasteiger partial charge in [-0.25, -0.2) is 4.39 Å². The Morgan fingerprint density at radius 3 is 1.75 bits per heavy atom. The second-order valence-corrected chi connectivity index (χ2v) is 9.08. The van der Waals surface area contributed by atoms with E-state index < -0.39 is 14.2 Å². The van der Waals surface area contributed by atoms with Crippen molar-refractivity contribution in [3.05, 3.63) is 0 Å². The van der Waals surface area contributed by atoms with Crippen LogP contribution in [-0.4, -0.2) is 14.2 Å². The quantitative estimate of drug-likeness (QED) is 0.509. The highest BCUT2D eigenvalue weighted by atomic mass is 28.3. The maximum atomic E-state index is 12.2. The molecule has 0 aliphatic carbocycles. The van der Waals surface area contributed by atoms with Crippen molar-refractivity contribution in [2.75, 3.05) is 0 Å². The standard InChI is InChI=1S/C6H15FSi/c1-6(7)5-8(2,3)4/h6H,5H2,1-4H3. The Bertz CT molecular complexity index is 63.4. The van der Waals surface area contributed by atoms with E-state index in [0.717, 1.165) is 6.04 Å². The van der Waals surface area contributed by atoms with Gasteiger partial charge in [-0.05, 0) is 13.0 Å². The average molecular weight is 134 g/mol. The summed E-state index contributed by atoms with van der Waals surface area (Å²) in [5.41, 5.74) is 0. The molecule has 0 heterocycles. The molecule has 0 saturated heterocycles. The van der Waals surface area contributed by atoms with Crippen molar-refractivity contribution in [1.82, 2.24) is 0 Å². The highest BCUT2D eigenvalue weighted by Gasteiger charge is 2.15. The lowest BCUT2D eigenvalue weighted by Gasteiger charge is -2.15. The van der Waals surface area contributed by atoms with E-state index in [1.54, 1.807) is 6.92 Å². The first-order valence-corrected chi connectivity index (χ1v) is 6.76. The van der Waals surface area contributed by atoms with Crippen LogP contribution in [0.1, 0.15) is 6.92 Å². The molecule has 0 spiro atoms. The first kappa shape index (κ1) is 8.15. The Labute approximate surface area is 52.1 Å². The Morgan fingerprint density at radius 2 is 1.75 bits per heavy atom. The van der Waals surface area contributed by atoms with Crippen molar-refractivity contribution in [1.29, 1.82) is 0 Å². The molecule has 1 atom stereocenters. The van der Waals surface area contributed by atoms with Gasteiger partial charge >= 0.3 is 0 Å². The molecule has 8 heavy (non-hydrogen) atoms. The van der Waals surface area contributed by atoms with Gasteiger partial charge in [-0.2, -0.15) is 0 Å². The predicted molar refractivity (Wildman–Crippen MR) is 38.7 cm³/mol. The minimum absolute atomic E-state index is 0.596. The molecule has 0 nitrogen and oxygen atoms in total. The van der Waals surface area contributed by atoms with E-state index in [-0.39, 0.29) is 0 Å². The summed E-state index contributed by atoms with van der Waals surface area (Å²) in [5, 5.41) is 0. The van der Waals surface area contributed by atoms with Crippen molar-refractivity contribution in [3.63, 3.8) is 0 Å². The first-order chi connectivity index (χ1) is 3.42. The zero-order valence-electron chi connectivity index (χ0n) is 6.16. The molecule has 0 N–H and O–H groups in total. The third-order valence-corrected chi connectivity index (χ3v) is 2.68. The lowest BCUT2D eigenvalue weighted by atomic mass is 10.5. The van der Waals surface area contributed by atoms with Crippen LogP contribution < -0.4 is 0 Å². The molecule has 0 fully saturated rings. The average Bonchev–Trinajstić information content (AvgIpc) is 1.21. The summed E-state index contributed by atoms with van der Waals surface area (Å²) in [6.45, 7) is 8.19. The van der Waals surface area contributed by atoms with Gasteiger partial charge in [0, 0.05) is 8.07 Å². The second kappa shape index (κ2) is 2.62. The minimum atomic E-state index is -1.10. The summed E-state index contributed by atoms with van der Waals surface area (Å²) in [6, 6.07) is 0.799. The molecule has 0 radical (unpaired) electrons. The number of hydrogen-bond donors (Lipinski definition) is 0. The molecule has 50 valence electrons. The molecule has 0 aliphatic heterocycles. The van der Waals surface area contributed by atoms with Crippen LogP contribution in [0.25, 0.3) is 0 Å². The van der Waals surface area contributed by atoms with Crippen LogP contribution in [0.2, 0.25) is 25.7 Å². The SMILES string of the molecule is CC(F)C[Si](C)(C)C. The van der Waals surface area contributed by atoms with E-state index in [9.17, 15) is 4.39 Å². The lowest BCUT2D eigenvalue weighted by Crippen LogP contribution is -2.22. The lowest BCUT2D eigenvalue weighted by molar-refractivity contribution is 0.388. The smallest absolute Gasteiger partial charge is 0.0950 e. The molecule has 0 aliphatic rings. The Morgan fingerprint density at radius 1 is 1.38 bits per heavy atom. The minimum Gasteiger partial charge on any atom is -0.248 e. The van der Waals surface area contributed by atoms with Crippen molar-refractivity contribution >= 4 is 8.07 Å². The van der Waals surface area contributed by atoms with Crippen molar-refractivity contribution in [2.45, 2.75) is 38.8 Å². The number of rotatable bonds is 2. The normalized spacial score (nSPS) is 16.1. The van der Waals surface area contributed by atoms with Crippen molar-refractivity contribution in [3.8, 4) is 0 Å². The van der Waals surface area contributed by atoms with Gasteiger partial charge < -0.3 is 0 Å². The Balaban J connectivity index is 3.39. The van der Waals surface area contributed by atoms with Gasteiger partial charge in [-0.15, -0.1) is 0 Å². The van der Waals surface area contributed by atoms with Gasteiger partial charge in [0.25, 0.3) is 0 Å². The monoisotopic (exact) mass is 134 g/mol. The zero-order valence-corrected chi connectivity index (χ0v) is 7.16. The van der Waals surface area contributed by atoms with Gasteiger partial charge in [0.15, 0.2) is 0 Å². The van der Waals surface area contributed by atoms with Crippen LogP contribution in [0.3, 0.4) is 0 Å². The maximum Gasteiger partial charge on any atom is 0.0950 e. The van der Waals surface area contributed by atoms with Crippen LogP contribution in [0.5, 0.6) is 0 Å².